The van der Waals surface area contributed by atoms with Gasteiger partial charge in [-0.15, -0.1) is 0 Å². The van der Waals surface area contributed by atoms with E-state index in [2.05, 4.69) is 38.3 Å². The minimum Gasteiger partial charge on any atom is -0.316 e. The Labute approximate surface area is 126 Å². The Balaban J connectivity index is 2.32. The quantitative estimate of drug-likeness (QED) is 0.802. The monoisotopic (exact) mass is 299 g/mol. The maximum Gasteiger partial charge on any atom is 0.0595 e. The molecule has 0 aromatic heterocycles. The Bertz CT molecular complexity index is 438. The van der Waals surface area contributed by atoms with Crippen LogP contribution in [0.5, 0.6) is 0 Å². The van der Waals surface area contributed by atoms with Crippen molar-refractivity contribution in [2.24, 2.45) is 5.92 Å². The van der Waals surface area contributed by atoms with Gasteiger partial charge in [-0.1, -0.05) is 49.5 Å². The van der Waals surface area contributed by atoms with Crippen LogP contribution in [0.15, 0.2) is 18.2 Å². The second kappa shape index (κ2) is 6.03. The normalized spacial score (nSPS) is 19.3. The summed E-state index contributed by atoms with van der Waals surface area (Å²) >= 11 is 12.2. The van der Waals surface area contributed by atoms with Crippen LogP contribution in [0.25, 0.3) is 0 Å². The van der Waals surface area contributed by atoms with Gasteiger partial charge in [-0.25, -0.2) is 0 Å². The molecule has 0 spiro atoms. The van der Waals surface area contributed by atoms with Crippen molar-refractivity contribution >= 4 is 23.2 Å². The summed E-state index contributed by atoms with van der Waals surface area (Å²) < 4.78 is 0. The number of benzene rings is 1. The molecule has 0 amide bonds. The summed E-state index contributed by atoms with van der Waals surface area (Å²) in [5.41, 5.74) is 1.58. The van der Waals surface area contributed by atoms with E-state index in [4.69, 9.17) is 23.2 Å². The summed E-state index contributed by atoms with van der Waals surface area (Å²) in [6.07, 6.45) is 4.97. The molecule has 19 heavy (non-hydrogen) atoms. The van der Waals surface area contributed by atoms with E-state index >= 15 is 0 Å². The summed E-state index contributed by atoms with van der Waals surface area (Å²) in [5.74, 6) is 0.692. The fourth-order valence-electron chi connectivity index (χ4n) is 3.29. The van der Waals surface area contributed by atoms with Gasteiger partial charge < -0.3 is 5.32 Å². The zero-order chi connectivity index (χ0) is 14.0. The molecule has 1 aromatic carbocycles. The highest BCUT2D eigenvalue weighted by atomic mass is 35.5. The largest absolute Gasteiger partial charge is 0.316 e. The molecule has 1 unspecified atom stereocenters. The fourth-order valence-corrected chi connectivity index (χ4v) is 3.59. The van der Waals surface area contributed by atoms with Gasteiger partial charge in [0.15, 0.2) is 0 Å². The average Bonchev–Trinajstić information content (AvgIpc) is 2.30. The third-order valence-electron chi connectivity index (χ3n) is 4.46. The van der Waals surface area contributed by atoms with Crippen molar-refractivity contribution < 1.29 is 0 Å². The molecule has 0 aliphatic heterocycles. The van der Waals surface area contributed by atoms with Crippen LogP contribution in [0.4, 0.5) is 0 Å². The van der Waals surface area contributed by atoms with Crippen molar-refractivity contribution in [2.45, 2.75) is 51.0 Å². The van der Waals surface area contributed by atoms with Gasteiger partial charge in [0, 0.05) is 11.5 Å². The molecule has 2 rings (SSSR count). The zero-order valence-corrected chi connectivity index (χ0v) is 13.5. The van der Waals surface area contributed by atoms with E-state index in [9.17, 15) is 0 Å². The molecule has 1 nitrogen and oxygen atoms in total. The highest BCUT2D eigenvalue weighted by molar-refractivity contribution is 6.42. The maximum absolute atomic E-state index is 6.20. The van der Waals surface area contributed by atoms with Crippen LogP contribution in [-0.2, 0) is 5.41 Å². The lowest BCUT2D eigenvalue weighted by Crippen LogP contribution is -2.52. The first-order valence-corrected chi connectivity index (χ1v) is 7.88. The topological polar surface area (TPSA) is 12.0 Å². The fraction of sp³-hybridized carbons (Fsp3) is 0.625. The molecule has 1 aromatic rings. The number of likely N-dealkylation sites (N-methyl/N-ethyl adjacent to an activating group) is 1. The van der Waals surface area contributed by atoms with Gasteiger partial charge in [0.05, 0.1) is 10.0 Å². The first kappa shape index (κ1) is 15.2. The third kappa shape index (κ3) is 2.94. The predicted molar refractivity (Wildman–Crippen MR) is 84.3 cm³/mol. The average molecular weight is 300 g/mol. The van der Waals surface area contributed by atoms with Crippen molar-refractivity contribution in [1.29, 1.82) is 0 Å². The number of hydrogen-bond acceptors (Lipinski definition) is 1. The van der Waals surface area contributed by atoms with Crippen LogP contribution < -0.4 is 5.32 Å². The minimum absolute atomic E-state index is 0.243. The van der Waals surface area contributed by atoms with Crippen molar-refractivity contribution in [3.63, 3.8) is 0 Å². The van der Waals surface area contributed by atoms with E-state index in [0.717, 1.165) is 0 Å². The third-order valence-corrected chi connectivity index (χ3v) is 5.20. The lowest BCUT2D eigenvalue weighted by atomic mass is 9.59. The Morgan fingerprint density at radius 3 is 2.32 bits per heavy atom. The Hall–Kier alpha value is -0.240. The van der Waals surface area contributed by atoms with Gasteiger partial charge in [0.1, 0.15) is 0 Å². The Morgan fingerprint density at radius 1 is 1.21 bits per heavy atom. The standard InChI is InChI=1S/C16H23Cl2N/c1-11(2)9-15(19-3)16(7-4-8-16)12-5-6-13(17)14(18)10-12/h5-6,10-11,15,19H,4,7-9H2,1-3H3. The first-order valence-electron chi connectivity index (χ1n) is 7.12. The van der Waals surface area contributed by atoms with E-state index in [0.29, 0.717) is 22.0 Å². The highest BCUT2D eigenvalue weighted by Gasteiger charge is 2.44. The van der Waals surface area contributed by atoms with Crippen LogP contribution in [0.3, 0.4) is 0 Å². The van der Waals surface area contributed by atoms with Gasteiger partial charge in [-0.05, 0) is 49.9 Å². The lowest BCUT2D eigenvalue weighted by molar-refractivity contribution is 0.157. The molecular formula is C16H23Cl2N. The maximum atomic E-state index is 6.20. The van der Waals surface area contributed by atoms with Gasteiger partial charge >= 0.3 is 0 Å². The zero-order valence-electron chi connectivity index (χ0n) is 12.0. The van der Waals surface area contributed by atoms with E-state index in [-0.39, 0.29) is 5.41 Å². The molecule has 1 atom stereocenters. The molecule has 3 heteroatoms. The van der Waals surface area contributed by atoms with Crippen LogP contribution in [-0.4, -0.2) is 13.1 Å². The SMILES string of the molecule is CNC(CC(C)C)C1(c2ccc(Cl)c(Cl)c2)CCC1. The van der Waals surface area contributed by atoms with E-state index < -0.39 is 0 Å². The summed E-state index contributed by atoms with van der Waals surface area (Å²) in [4.78, 5) is 0. The summed E-state index contributed by atoms with van der Waals surface area (Å²) in [6.45, 7) is 4.57. The van der Waals surface area contributed by atoms with Crippen molar-refractivity contribution in [1.82, 2.24) is 5.32 Å². The lowest BCUT2D eigenvalue weighted by Gasteiger charge is -2.49. The number of nitrogens with one attached hydrogen (secondary N) is 1. The van der Waals surface area contributed by atoms with Crippen molar-refractivity contribution in [3.05, 3.63) is 33.8 Å². The predicted octanol–water partition coefficient (Wildman–Crippen LogP) is 5.05. The molecule has 0 heterocycles. The summed E-state index contributed by atoms with van der Waals surface area (Å²) in [7, 11) is 2.07. The minimum atomic E-state index is 0.243. The van der Waals surface area contributed by atoms with Gasteiger partial charge in [-0.3, -0.25) is 0 Å². The molecule has 0 radical (unpaired) electrons. The second-order valence-corrected chi connectivity index (χ2v) is 6.92. The molecule has 0 saturated heterocycles. The molecule has 1 fully saturated rings. The molecule has 1 aliphatic rings. The molecular weight excluding hydrogens is 277 g/mol. The van der Waals surface area contributed by atoms with Crippen LogP contribution in [0, 0.1) is 5.92 Å². The smallest absolute Gasteiger partial charge is 0.0595 e. The molecule has 1 N–H and O–H groups in total. The van der Waals surface area contributed by atoms with Crippen molar-refractivity contribution in [2.75, 3.05) is 7.05 Å². The number of rotatable bonds is 5. The van der Waals surface area contributed by atoms with Crippen LogP contribution in [0.2, 0.25) is 10.0 Å². The van der Waals surface area contributed by atoms with Gasteiger partial charge in [0.2, 0.25) is 0 Å². The van der Waals surface area contributed by atoms with E-state index in [1.165, 1.54) is 31.2 Å². The molecule has 0 bridgehead atoms. The summed E-state index contributed by atoms with van der Waals surface area (Å²) in [5, 5.41) is 4.85. The van der Waals surface area contributed by atoms with Crippen LogP contribution in [0.1, 0.15) is 45.1 Å². The van der Waals surface area contributed by atoms with Crippen molar-refractivity contribution in [3.8, 4) is 0 Å². The van der Waals surface area contributed by atoms with Gasteiger partial charge in [0.25, 0.3) is 0 Å². The summed E-state index contributed by atoms with van der Waals surface area (Å²) in [6, 6.07) is 6.66. The Morgan fingerprint density at radius 2 is 1.89 bits per heavy atom. The van der Waals surface area contributed by atoms with Gasteiger partial charge in [-0.2, -0.15) is 0 Å². The number of hydrogen-bond donors (Lipinski definition) is 1. The van der Waals surface area contributed by atoms with Crippen LogP contribution >= 0.6 is 23.2 Å². The molecule has 106 valence electrons. The molecule has 1 aliphatic carbocycles. The Kier molecular flexibility index (Phi) is 4.81. The molecule has 1 saturated carbocycles. The second-order valence-electron chi connectivity index (χ2n) is 6.11. The van der Waals surface area contributed by atoms with E-state index in [1.807, 2.05) is 6.07 Å². The first-order chi connectivity index (χ1) is 8.99. The number of halogens is 2. The van der Waals surface area contributed by atoms with E-state index in [1.54, 1.807) is 0 Å². The highest BCUT2D eigenvalue weighted by Crippen LogP contribution is 2.48.